The summed E-state index contributed by atoms with van der Waals surface area (Å²) >= 11 is 0.805. The molecule has 0 fully saturated rings. The molecule has 0 atom stereocenters. The normalized spacial score (nSPS) is 11.1. The van der Waals surface area contributed by atoms with Crippen LogP contribution >= 0.6 is 11.3 Å². The summed E-state index contributed by atoms with van der Waals surface area (Å²) in [5.74, 6) is -0.418. The first kappa shape index (κ1) is 21.3. The summed E-state index contributed by atoms with van der Waals surface area (Å²) in [4.78, 5) is 27.0. The van der Waals surface area contributed by atoms with E-state index in [4.69, 9.17) is 0 Å². The maximum absolute atomic E-state index is 12.9. The molecule has 0 aliphatic heterocycles. The molecule has 160 valence electrons. The third kappa shape index (κ3) is 4.27. The Kier molecular flexibility index (Phi) is 5.80. The van der Waals surface area contributed by atoms with E-state index < -0.39 is 20.7 Å². The fourth-order valence-electron chi connectivity index (χ4n) is 3.02. The molecule has 0 radical (unpaired) electrons. The number of sulfone groups is 1. The molecule has 0 aliphatic carbocycles. The maximum Gasteiger partial charge on any atom is 0.269 e. The molecule has 8 nitrogen and oxygen atoms in total. The Bertz CT molecular complexity index is 1400. The summed E-state index contributed by atoms with van der Waals surface area (Å²) in [5.41, 5.74) is 1.83. The molecule has 0 saturated carbocycles. The summed E-state index contributed by atoms with van der Waals surface area (Å²) in [5, 5.41) is 13.6. The van der Waals surface area contributed by atoms with Gasteiger partial charge in [0.1, 0.15) is 4.21 Å². The molecule has 1 heterocycles. The molecule has 32 heavy (non-hydrogen) atoms. The number of hydrogen-bond donors (Lipinski definition) is 1. The lowest BCUT2D eigenvalue weighted by Crippen LogP contribution is -2.12. The quantitative estimate of drug-likeness (QED) is 0.323. The van der Waals surface area contributed by atoms with Crippen molar-refractivity contribution in [3.05, 3.63) is 101 Å². The first-order valence-corrected chi connectivity index (χ1v) is 11.6. The zero-order valence-electron chi connectivity index (χ0n) is 16.3. The van der Waals surface area contributed by atoms with Crippen molar-refractivity contribution in [3.8, 4) is 11.1 Å². The standard InChI is InChI=1S/C22H15N3O5S2/c26-21(19-9-5-4-8-18(19)15-6-2-1-3-7-15)24-22-23-14-20(31-22)32(29,30)17-12-10-16(11-13-17)25(27)28/h1-14H,(H,23,24,26). The van der Waals surface area contributed by atoms with Crippen LogP contribution in [0.15, 0.2) is 94.2 Å². The SMILES string of the molecule is O=C(Nc1ncc(S(=O)(=O)c2ccc([N+](=O)[O-])cc2)s1)c1ccccc1-c1ccccc1. The van der Waals surface area contributed by atoms with Crippen LogP contribution in [0.4, 0.5) is 10.8 Å². The number of nitrogens with zero attached hydrogens (tertiary/aromatic N) is 2. The van der Waals surface area contributed by atoms with Gasteiger partial charge in [-0.3, -0.25) is 20.2 Å². The van der Waals surface area contributed by atoms with Crippen molar-refractivity contribution in [3.63, 3.8) is 0 Å². The molecule has 1 amide bonds. The highest BCUT2D eigenvalue weighted by Crippen LogP contribution is 2.30. The third-order valence-electron chi connectivity index (χ3n) is 4.58. The van der Waals surface area contributed by atoms with E-state index in [1.165, 1.54) is 12.1 Å². The van der Waals surface area contributed by atoms with Gasteiger partial charge < -0.3 is 0 Å². The van der Waals surface area contributed by atoms with Gasteiger partial charge >= 0.3 is 0 Å². The van der Waals surface area contributed by atoms with Crippen molar-refractivity contribution in [2.45, 2.75) is 9.10 Å². The van der Waals surface area contributed by atoms with Crippen LogP contribution < -0.4 is 5.32 Å². The number of carbonyl (C=O) groups excluding carboxylic acids is 1. The van der Waals surface area contributed by atoms with Crippen LogP contribution in [-0.2, 0) is 9.84 Å². The van der Waals surface area contributed by atoms with Gasteiger partial charge in [-0.2, -0.15) is 0 Å². The number of nitrogens with one attached hydrogen (secondary N) is 1. The number of aromatic nitrogens is 1. The van der Waals surface area contributed by atoms with Crippen molar-refractivity contribution < 1.29 is 18.1 Å². The van der Waals surface area contributed by atoms with Gasteiger partial charge in [0.05, 0.1) is 16.0 Å². The van der Waals surface area contributed by atoms with E-state index in [0.29, 0.717) is 5.56 Å². The van der Waals surface area contributed by atoms with Gasteiger partial charge in [-0.15, -0.1) is 0 Å². The van der Waals surface area contributed by atoms with Crippen molar-refractivity contribution in [2.24, 2.45) is 0 Å². The molecule has 1 N–H and O–H groups in total. The number of anilines is 1. The zero-order chi connectivity index (χ0) is 22.7. The second-order valence-corrected chi connectivity index (χ2v) is 9.81. The van der Waals surface area contributed by atoms with E-state index in [-0.39, 0.29) is 19.9 Å². The largest absolute Gasteiger partial charge is 0.298 e. The lowest BCUT2D eigenvalue weighted by atomic mass is 9.99. The lowest BCUT2D eigenvalue weighted by molar-refractivity contribution is -0.384. The van der Waals surface area contributed by atoms with E-state index >= 15 is 0 Å². The molecular weight excluding hydrogens is 450 g/mol. The number of nitro groups is 1. The van der Waals surface area contributed by atoms with E-state index in [0.717, 1.165) is 40.8 Å². The van der Waals surface area contributed by atoms with Gasteiger partial charge in [0.15, 0.2) is 5.13 Å². The number of hydrogen-bond acceptors (Lipinski definition) is 7. The predicted octanol–water partition coefficient (Wildman–Crippen LogP) is 4.80. The Morgan fingerprint density at radius 2 is 1.59 bits per heavy atom. The number of amides is 1. The van der Waals surface area contributed by atoms with E-state index in [2.05, 4.69) is 10.3 Å². The Morgan fingerprint density at radius 3 is 2.28 bits per heavy atom. The fourth-order valence-corrected chi connectivity index (χ4v) is 5.45. The van der Waals surface area contributed by atoms with Crippen LogP contribution in [0.2, 0.25) is 0 Å². The topological polar surface area (TPSA) is 119 Å². The van der Waals surface area contributed by atoms with Crippen LogP contribution in [-0.4, -0.2) is 24.2 Å². The minimum absolute atomic E-state index is 0.0852. The Hall–Kier alpha value is -3.89. The summed E-state index contributed by atoms with van der Waals surface area (Å²) in [7, 11) is -3.93. The molecule has 0 saturated heterocycles. The van der Waals surface area contributed by atoms with Crippen molar-refractivity contribution in [1.82, 2.24) is 4.98 Å². The summed E-state index contributed by atoms with van der Waals surface area (Å²) in [6.07, 6.45) is 1.15. The van der Waals surface area contributed by atoms with Gasteiger partial charge in [0, 0.05) is 17.7 Å². The van der Waals surface area contributed by atoms with E-state index in [1.54, 1.807) is 12.1 Å². The van der Waals surface area contributed by atoms with Crippen molar-refractivity contribution in [2.75, 3.05) is 5.32 Å². The lowest BCUT2D eigenvalue weighted by Gasteiger charge is -2.09. The van der Waals surface area contributed by atoms with Crippen LogP contribution in [0, 0.1) is 10.1 Å². The zero-order valence-corrected chi connectivity index (χ0v) is 18.0. The number of benzene rings is 3. The molecule has 0 spiro atoms. The second kappa shape index (κ2) is 8.69. The number of thiazole rings is 1. The molecule has 0 unspecified atom stereocenters. The maximum atomic E-state index is 12.9. The number of non-ortho nitro benzene ring substituents is 1. The summed E-state index contributed by atoms with van der Waals surface area (Å²) in [6.45, 7) is 0. The Morgan fingerprint density at radius 1 is 0.938 bits per heavy atom. The van der Waals surface area contributed by atoms with E-state index in [9.17, 15) is 23.3 Å². The highest BCUT2D eigenvalue weighted by Gasteiger charge is 2.23. The van der Waals surface area contributed by atoms with Crippen LogP contribution in [0.1, 0.15) is 10.4 Å². The first-order valence-electron chi connectivity index (χ1n) is 9.27. The summed E-state index contributed by atoms with van der Waals surface area (Å²) in [6, 6.07) is 21.1. The smallest absolute Gasteiger partial charge is 0.269 e. The molecular formula is C22H15N3O5S2. The van der Waals surface area contributed by atoms with Crippen LogP contribution in [0.5, 0.6) is 0 Å². The summed E-state index contributed by atoms with van der Waals surface area (Å²) < 4.78 is 25.5. The molecule has 0 bridgehead atoms. The third-order valence-corrected chi connectivity index (χ3v) is 7.73. The van der Waals surface area contributed by atoms with Gasteiger partial charge in [-0.25, -0.2) is 13.4 Å². The van der Waals surface area contributed by atoms with Crippen LogP contribution in [0.3, 0.4) is 0 Å². The fraction of sp³-hybridized carbons (Fsp3) is 0. The molecule has 10 heteroatoms. The molecule has 3 aromatic carbocycles. The van der Waals surface area contributed by atoms with Crippen molar-refractivity contribution >= 4 is 37.9 Å². The highest BCUT2D eigenvalue weighted by atomic mass is 32.2. The molecule has 4 aromatic rings. The molecule has 1 aromatic heterocycles. The minimum Gasteiger partial charge on any atom is -0.298 e. The van der Waals surface area contributed by atoms with Crippen molar-refractivity contribution in [1.29, 1.82) is 0 Å². The number of nitro benzene ring substituents is 1. The average Bonchev–Trinajstić information content (AvgIpc) is 3.29. The molecule has 4 rings (SSSR count). The highest BCUT2D eigenvalue weighted by molar-refractivity contribution is 7.93. The molecule has 0 aliphatic rings. The van der Waals surface area contributed by atoms with Gasteiger partial charge in [0.2, 0.25) is 9.84 Å². The second-order valence-electron chi connectivity index (χ2n) is 6.60. The Labute approximate surface area is 187 Å². The van der Waals surface area contributed by atoms with Gasteiger partial charge in [-0.05, 0) is 29.3 Å². The van der Waals surface area contributed by atoms with Gasteiger partial charge in [-0.1, -0.05) is 59.9 Å². The van der Waals surface area contributed by atoms with E-state index in [1.807, 2.05) is 42.5 Å². The minimum atomic E-state index is -3.93. The number of carbonyl (C=O) groups is 1. The number of rotatable bonds is 6. The van der Waals surface area contributed by atoms with Gasteiger partial charge in [0.25, 0.3) is 11.6 Å². The van der Waals surface area contributed by atoms with Crippen LogP contribution in [0.25, 0.3) is 11.1 Å². The first-order chi connectivity index (χ1) is 15.4. The Balaban J connectivity index is 1.58. The predicted molar refractivity (Wildman–Crippen MR) is 120 cm³/mol. The monoisotopic (exact) mass is 465 g/mol. The average molecular weight is 466 g/mol.